The Morgan fingerprint density at radius 2 is 1.95 bits per heavy atom. The van der Waals surface area contributed by atoms with Crippen molar-refractivity contribution in [3.63, 3.8) is 0 Å². The summed E-state index contributed by atoms with van der Waals surface area (Å²) in [4.78, 5) is 12.1. The lowest BCUT2D eigenvalue weighted by molar-refractivity contribution is 0.102. The topological polar surface area (TPSA) is 78.8 Å². The van der Waals surface area contributed by atoms with Gasteiger partial charge < -0.3 is 20.3 Å². The van der Waals surface area contributed by atoms with Gasteiger partial charge in [0.05, 0.1) is 12.7 Å². The van der Waals surface area contributed by atoms with E-state index in [2.05, 4.69) is 5.32 Å². The van der Waals surface area contributed by atoms with Crippen molar-refractivity contribution in [2.75, 3.05) is 12.4 Å². The van der Waals surface area contributed by atoms with Gasteiger partial charge in [-0.3, -0.25) is 4.79 Å². The fourth-order valence-corrected chi connectivity index (χ4v) is 1.81. The number of phenolic OH excluding ortho intramolecular Hbond substituents is 2. The number of carbonyl (C=O) groups is 1. The van der Waals surface area contributed by atoms with E-state index in [1.807, 2.05) is 6.92 Å². The molecule has 0 heterocycles. The number of ether oxygens (including phenoxy) is 1. The molecule has 5 nitrogen and oxygen atoms in total. The normalized spacial score (nSPS) is 10.1. The van der Waals surface area contributed by atoms with E-state index in [4.69, 9.17) is 4.74 Å². The second-order valence-electron chi connectivity index (χ2n) is 4.31. The standard InChI is InChI=1S/C15H15NO4/c1-9-8-10(20-2)6-7-12(9)16-15(19)11-4-3-5-13(17)14(11)18/h3-8,17-18H,1-2H3,(H,16,19). The fourth-order valence-electron chi connectivity index (χ4n) is 1.81. The highest BCUT2D eigenvalue weighted by Gasteiger charge is 2.14. The van der Waals surface area contributed by atoms with Gasteiger partial charge in [0, 0.05) is 5.69 Å². The molecule has 2 rings (SSSR count). The zero-order chi connectivity index (χ0) is 14.7. The number of hydrogen-bond acceptors (Lipinski definition) is 4. The molecule has 1 amide bonds. The van der Waals surface area contributed by atoms with Crippen molar-refractivity contribution in [2.45, 2.75) is 6.92 Å². The summed E-state index contributed by atoms with van der Waals surface area (Å²) in [5, 5.41) is 21.7. The van der Waals surface area contributed by atoms with E-state index in [0.29, 0.717) is 11.4 Å². The third kappa shape index (κ3) is 2.66. The number of nitrogens with one attached hydrogen (secondary N) is 1. The van der Waals surface area contributed by atoms with Gasteiger partial charge in [-0.1, -0.05) is 6.07 Å². The number of hydrogen-bond donors (Lipinski definition) is 3. The van der Waals surface area contributed by atoms with Gasteiger partial charge in [-0.25, -0.2) is 0 Å². The maximum absolute atomic E-state index is 12.1. The van der Waals surface area contributed by atoms with Crippen LogP contribution < -0.4 is 10.1 Å². The van der Waals surface area contributed by atoms with Crippen molar-refractivity contribution in [1.82, 2.24) is 0 Å². The number of benzene rings is 2. The van der Waals surface area contributed by atoms with Crippen molar-refractivity contribution in [1.29, 1.82) is 0 Å². The lowest BCUT2D eigenvalue weighted by Crippen LogP contribution is -2.13. The van der Waals surface area contributed by atoms with Crippen LogP contribution in [0.1, 0.15) is 15.9 Å². The van der Waals surface area contributed by atoms with Crippen LogP contribution in [0.4, 0.5) is 5.69 Å². The molecule has 0 spiro atoms. The van der Waals surface area contributed by atoms with E-state index in [1.54, 1.807) is 25.3 Å². The van der Waals surface area contributed by atoms with Crippen LogP contribution >= 0.6 is 0 Å². The predicted octanol–water partition coefficient (Wildman–Crippen LogP) is 2.67. The monoisotopic (exact) mass is 273 g/mol. The van der Waals surface area contributed by atoms with Crippen molar-refractivity contribution in [3.8, 4) is 17.2 Å². The Kier molecular flexibility index (Phi) is 3.79. The quantitative estimate of drug-likeness (QED) is 0.751. The van der Waals surface area contributed by atoms with E-state index in [-0.39, 0.29) is 11.3 Å². The summed E-state index contributed by atoms with van der Waals surface area (Å²) < 4.78 is 5.09. The molecule has 0 bridgehead atoms. The summed E-state index contributed by atoms with van der Waals surface area (Å²) in [7, 11) is 1.57. The van der Waals surface area contributed by atoms with Crippen LogP contribution in [0.15, 0.2) is 36.4 Å². The third-order valence-electron chi connectivity index (χ3n) is 2.94. The molecule has 0 aliphatic heterocycles. The van der Waals surface area contributed by atoms with E-state index in [1.165, 1.54) is 18.2 Å². The Bertz CT molecular complexity index is 652. The number of amides is 1. The van der Waals surface area contributed by atoms with Crippen LogP contribution in [0.25, 0.3) is 0 Å². The van der Waals surface area contributed by atoms with Crippen LogP contribution in [-0.2, 0) is 0 Å². The summed E-state index contributed by atoms with van der Waals surface area (Å²) in [6, 6.07) is 9.47. The lowest BCUT2D eigenvalue weighted by Gasteiger charge is -2.11. The molecule has 5 heteroatoms. The van der Waals surface area contributed by atoms with Crippen molar-refractivity contribution >= 4 is 11.6 Å². The van der Waals surface area contributed by atoms with Gasteiger partial charge in [0.2, 0.25) is 0 Å². The van der Waals surface area contributed by atoms with Crippen molar-refractivity contribution in [2.24, 2.45) is 0 Å². The molecule has 0 saturated carbocycles. The zero-order valence-corrected chi connectivity index (χ0v) is 11.2. The molecule has 0 aromatic heterocycles. The SMILES string of the molecule is COc1ccc(NC(=O)c2cccc(O)c2O)c(C)c1. The Morgan fingerprint density at radius 3 is 2.60 bits per heavy atom. The number of aryl methyl sites for hydroxylation is 1. The minimum Gasteiger partial charge on any atom is -0.504 e. The van der Waals surface area contributed by atoms with Gasteiger partial charge in [-0.15, -0.1) is 0 Å². The Balaban J connectivity index is 2.26. The molecular weight excluding hydrogens is 258 g/mol. The highest BCUT2D eigenvalue weighted by Crippen LogP contribution is 2.29. The molecule has 0 saturated heterocycles. The molecular formula is C15H15NO4. The summed E-state index contributed by atoms with van der Waals surface area (Å²) in [5.74, 6) is -0.562. The van der Waals surface area contributed by atoms with Gasteiger partial charge >= 0.3 is 0 Å². The first-order valence-corrected chi connectivity index (χ1v) is 6.00. The van der Waals surface area contributed by atoms with E-state index in [9.17, 15) is 15.0 Å². The number of carbonyl (C=O) groups excluding carboxylic acids is 1. The number of phenols is 2. The Labute approximate surface area is 116 Å². The Morgan fingerprint density at radius 1 is 1.20 bits per heavy atom. The molecule has 2 aromatic carbocycles. The van der Waals surface area contributed by atoms with Gasteiger partial charge in [0.25, 0.3) is 5.91 Å². The second kappa shape index (κ2) is 5.52. The van der Waals surface area contributed by atoms with Crippen LogP contribution in [-0.4, -0.2) is 23.2 Å². The molecule has 0 unspecified atom stereocenters. The number of para-hydroxylation sites is 1. The van der Waals surface area contributed by atoms with Gasteiger partial charge in [0.1, 0.15) is 5.75 Å². The number of aromatic hydroxyl groups is 2. The smallest absolute Gasteiger partial charge is 0.259 e. The summed E-state index contributed by atoms with van der Waals surface area (Å²) in [6.07, 6.45) is 0. The molecule has 0 aliphatic carbocycles. The first-order chi connectivity index (χ1) is 9.52. The average Bonchev–Trinajstić information content (AvgIpc) is 2.44. The highest BCUT2D eigenvalue weighted by atomic mass is 16.5. The van der Waals surface area contributed by atoms with Crippen LogP contribution in [0.2, 0.25) is 0 Å². The first-order valence-electron chi connectivity index (χ1n) is 6.00. The van der Waals surface area contributed by atoms with E-state index >= 15 is 0 Å². The second-order valence-corrected chi connectivity index (χ2v) is 4.31. The largest absolute Gasteiger partial charge is 0.504 e. The van der Waals surface area contributed by atoms with Crippen LogP contribution in [0, 0.1) is 6.92 Å². The highest BCUT2D eigenvalue weighted by molar-refractivity contribution is 6.06. The van der Waals surface area contributed by atoms with E-state index < -0.39 is 11.7 Å². The average molecular weight is 273 g/mol. The summed E-state index contributed by atoms with van der Waals surface area (Å²) >= 11 is 0. The van der Waals surface area contributed by atoms with Crippen LogP contribution in [0.5, 0.6) is 17.2 Å². The van der Waals surface area contributed by atoms with Crippen molar-refractivity contribution < 1.29 is 19.7 Å². The van der Waals surface area contributed by atoms with Gasteiger partial charge in [0.15, 0.2) is 11.5 Å². The molecule has 0 atom stereocenters. The molecule has 0 fully saturated rings. The maximum atomic E-state index is 12.1. The predicted molar refractivity (Wildman–Crippen MR) is 75.5 cm³/mol. The van der Waals surface area contributed by atoms with Gasteiger partial charge in [-0.2, -0.15) is 0 Å². The number of methoxy groups -OCH3 is 1. The minimum atomic E-state index is -0.494. The minimum absolute atomic E-state index is 0.0141. The Hall–Kier alpha value is -2.69. The molecule has 2 aromatic rings. The number of rotatable bonds is 3. The molecule has 104 valence electrons. The van der Waals surface area contributed by atoms with Gasteiger partial charge in [-0.05, 0) is 42.8 Å². The molecule has 0 aliphatic rings. The molecule has 3 N–H and O–H groups in total. The fraction of sp³-hybridized carbons (Fsp3) is 0.133. The maximum Gasteiger partial charge on any atom is 0.259 e. The molecule has 20 heavy (non-hydrogen) atoms. The number of anilines is 1. The van der Waals surface area contributed by atoms with E-state index in [0.717, 1.165) is 5.56 Å². The third-order valence-corrected chi connectivity index (χ3v) is 2.94. The summed E-state index contributed by atoms with van der Waals surface area (Å²) in [5.41, 5.74) is 1.45. The zero-order valence-electron chi connectivity index (χ0n) is 11.2. The van der Waals surface area contributed by atoms with Crippen molar-refractivity contribution in [3.05, 3.63) is 47.5 Å². The summed E-state index contributed by atoms with van der Waals surface area (Å²) in [6.45, 7) is 1.83. The molecule has 0 radical (unpaired) electrons. The lowest BCUT2D eigenvalue weighted by atomic mass is 10.1. The van der Waals surface area contributed by atoms with Crippen LogP contribution in [0.3, 0.4) is 0 Å². The first kappa shape index (κ1) is 13.7.